The van der Waals surface area contributed by atoms with Crippen LogP contribution in [-0.2, 0) is 9.53 Å². The highest BCUT2D eigenvalue weighted by Gasteiger charge is 2.20. The molecule has 1 unspecified atom stereocenters. The number of hydrogen-bond donors (Lipinski definition) is 2. The SMILES string of the molecule is COC(C)CNC(C)(C)CC(N)=O. The first-order chi connectivity index (χ1) is 5.87. The van der Waals surface area contributed by atoms with Gasteiger partial charge in [-0.3, -0.25) is 4.79 Å². The molecule has 0 bridgehead atoms. The van der Waals surface area contributed by atoms with Crippen molar-refractivity contribution in [2.75, 3.05) is 13.7 Å². The largest absolute Gasteiger partial charge is 0.380 e. The van der Waals surface area contributed by atoms with Crippen molar-refractivity contribution in [1.29, 1.82) is 0 Å². The number of nitrogens with one attached hydrogen (secondary N) is 1. The van der Waals surface area contributed by atoms with Crippen molar-refractivity contribution < 1.29 is 9.53 Å². The van der Waals surface area contributed by atoms with Crippen molar-refractivity contribution >= 4 is 5.91 Å². The minimum absolute atomic E-state index is 0.146. The van der Waals surface area contributed by atoms with Crippen LogP contribution in [0.25, 0.3) is 0 Å². The van der Waals surface area contributed by atoms with Crippen LogP contribution in [0.15, 0.2) is 0 Å². The van der Waals surface area contributed by atoms with Crippen molar-refractivity contribution in [2.45, 2.75) is 38.8 Å². The van der Waals surface area contributed by atoms with Crippen molar-refractivity contribution in [3.05, 3.63) is 0 Å². The Morgan fingerprint density at radius 2 is 2.15 bits per heavy atom. The second-order valence-electron chi connectivity index (χ2n) is 3.95. The van der Waals surface area contributed by atoms with Crippen LogP contribution in [0.1, 0.15) is 27.2 Å². The van der Waals surface area contributed by atoms with Crippen molar-refractivity contribution in [3.8, 4) is 0 Å². The first kappa shape index (κ1) is 12.4. The van der Waals surface area contributed by atoms with E-state index in [1.165, 1.54) is 0 Å². The van der Waals surface area contributed by atoms with E-state index in [0.29, 0.717) is 6.42 Å². The third-order valence-electron chi connectivity index (χ3n) is 1.89. The van der Waals surface area contributed by atoms with E-state index in [0.717, 1.165) is 6.54 Å². The molecule has 0 aromatic rings. The fourth-order valence-electron chi connectivity index (χ4n) is 1.00. The summed E-state index contributed by atoms with van der Waals surface area (Å²) in [6, 6.07) is 0. The first-order valence-corrected chi connectivity index (χ1v) is 4.43. The second kappa shape index (κ2) is 5.19. The molecule has 0 radical (unpaired) electrons. The third-order valence-corrected chi connectivity index (χ3v) is 1.89. The number of rotatable bonds is 6. The molecule has 0 aromatic carbocycles. The van der Waals surface area contributed by atoms with E-state index in [1.807, 2.05) is 20.8 Å². The lowest BCUT2D eigenvalue weighted by Gasteiger charge is -2.26. The molecule has 13 heavy (non-hydrogen) atoms. The first-order valence-electron chi connectivity index (χ1n) is 4.43. The van der Waals surface area contributed by atoms with Crippen LogP contribution in [0.4, 0.5) is 0 Å². The minimum Gasteiger partial charge on any atom is -0.380 e. The van der Waals surface area contributed by atoms with Gasteiger partial charge < -0.3 is 15.8 Å². The molecule has 78 valence electrons. The number of primary amides is 1. The van der Waals surface area contributed by atoms with E-state index in [9.17, 15) is 4.79 Å². The Morgan fingerprint density at radius 3 is 2.54 bits per heavy atom. The average Bonchev–Trinajstić information content (AvgIpc) is 1.98. The van der Waals surface area contributed by atoms with Gasteiger partial charge in [-0.15, -0.1) is 0 Å². The molecule has 0 aliphatic rings. The topological polar surface area (TPSA) is 64.3 Å². The average molecular weight is 188 g/mol. The molecule has 0 saturated heterocycles. The number of methoxy groups -OCH3 is 1. The number of hydrogen-bond acceptors (Lipinski definition) is 3. The van der Waals surface area contributed by atoms with E-state index in [4.69, 9.17) is 10.5 Å². The molecule has 0 aliphatic heterocycles. The summed E-state index contributed by atoms with van der Waals surface area (Å²) in [6.07, 6.45) is 0.482. The summed E-state index contributed by atoms with van der Waals surface area (Å²) in [5.41, 5.74) is 4.86. The van der Waals surface area contributed by atoms with Crippen LogP contribution >= 0.6 is 0 Å². The van der Waals surface area contributed by atoms with Gasteiger partial charge in [-0.25, -0.2) is 0 Å². The lowest BCUT2D eigenvalue weighted by Crippen LogP contribution is -2.45. The molecule has 0 saturated carbocycles. The Labute approximate surface area is 79.8 Å². The quantitative estimate of drug-likeness (QED) is 0.628. The predicted octanol–water partition coefficient (Wildman–Crippen LogP) is 0.265. The van der Waals surface area contributed by atoms with Crippen molar-refractivity contribution in [3.63, 3.8) is 0 Å². The van der Waals surface area contributed by atoms with Crippen LogP contribution < -0.4 is 11.1 Å². The van der Waals surface area contributed by atoms with Gasteiger partial charge in [0.25, 0.3) is 0 Å². The predicted molar refractivity (Wildman–Crippen MR) is 52.4 cm³/mol. The summed E-state index contributed by atoms with van der Waals surface area (Å²) >= 11 is 0. The van der Waals surface area contributed by atoms with Crippen LogP contribution in [-0.4, -0.2) is 31.2 Å². The fraction of sp³-hybridized carbons (Fsp3) is 0.889. The smallest absolute Gasteiger partial charge is 0.219 e. The summed E-state index contributed by atoms with van der Waals surface area (Å²) in [6.45, 7) is 6.57. The summed E-state index contributed by atoms with van der Waals surface area (Å²) in [5, 5.41) is 3.22. The van der Waals surface area contributed by atoms with E-state index in [-0.39, 0.29) is 17.6 Å². The van der Waals surface area contributed by atoms with Gasteiger partial charge in [0.15, 0.2) is 0 Å². The highest BCUT2D eigenvalue weighted by Crippen LogP contribution is 2.07. The molecule has 4 heteroatoms. The highest BCUT2D eigenvalue weighted by molar-refractivity contribution is 5.74. The van der Waals surface area contributed by atoms with Gasteiger partial charge in [-0.1, -0.05) is 0 Å². The van der Waals surface area contributed by atoms with Gasteiger partial charge in [-0.05, 0) is 20.8 Å². The van der Waals surface area contributed by atoms with Gasteiger partial charge >= 0.3 is 0 Å². The normalized spacial score (nSPS) is 14.2. The van der Waals surface area contributed by atoms with Crippen molar-refractivity contribution in [1.82, 2.24) is 5.32 Å². The van der Waals surface area contributed by atoms with Gasteiger partial charge in [0, 0.05) is 25.6 Å². The van der Waals surface area contributed by atoms with Gasteiger partial charge in [0.2, 0.25) is 5.91 Å². The standard InChI is InChI=1S/C9H20N2O2/c1-7(13-4)6-11-9(2,3)5-8(10)12/h7,11H,5-6H2,1-4H3,(H2,10,12). The van der Waals surface area contributed by atoms with Crippen LogP contribution in [0.3, 0.4) is 0 Å². The molecule has 4 nitrogen and oxygen atoms in total. The lowest BCUT2D eigenvalue weighted by atomic mass is 10.0. The van der Waals surface area contributed by atoms with Gasteiger partial charge in [-0.2, -0.15) is 0 Å². The molecular formula is C9H20N2O2. The van der Waals surface area contributed by atoms with Gasteiger partial charge in [0.05, 0.1) is 6.10 Å². The molecule has 0 aromatic heterocycles. The summed E-state index contributed by atoms with van der Waals surface area (Å²) < 4.78 is 5.07. The number of carbonyl (C=O) groups excluding carboxylic acids is 1. The van der Waals surface area contributed by atoms with Crippen LogP contribution in [0, 0.1) is 0 Å². The maximum absolute atomic E-state index is 10.7. The zero-order chi connectivity index (χ0) is 10.5. The Morgan fingerprint density at radius 1 is 1.62 bits per heavy atom. The Hall–Kier alpha value is -0.610. The number of ether oxygens (including phenoxy) is 1. The molecule has 1 amide bonds. The maximum Gasteiger partial charge on any atom is 0.219 e. The third kappa shape index (κ3) is 6.54. The molecule has 0 aliphatic carbocycles. The van der Waals surface area contributed by atoms with Crippen molar-refractivity contribution in [2.24, 2.45) is 5.73 Å². The highest BCUT2D eigenvalue weighted by atomic mass is 16.5. The molecule has 0 rings (SSSR count). The zero-order valence-electron chi connectivity index (χ0n) is 8.89. The summed E-state index contributed by atoms with van der Waals surface area (Å²) in [5.74, 6) is -0.289. The molecule has 1 atom stereocenters. The Bertz CT molecular complexity index is 169. The fourth-order valence-corrected chi connectivity index (χ4v) is 1.00. The number of amides is 1. The van der Waals surface area contributed by atoms with Crippen LogP contribution in [0.5, 0.6) is 0 Å². The monoisotopic (exact) mass is 188 g/mol. The zero-order valence-corrected chi connectivity index (χ0v) is 8.89. The van der Waals surface area contributed by atoms with E-state index < -0.39 is 0 Å². The molecule has 3 N–H and O–H groups in total. The Balaban J connectivity index is 3.81. The molecular weight excluding hydrogens is 168 g/mol. The summed E-state index contributed by atoms with van der Waals surface area (Å²) in [7, 11) is 1.66. The van der Waals surface area contributed by atoms with E-state index >= 15 is 0 Å². The Kier molecular flexibility index (Phi) is 4.95. The van der Waals surface area contributed by atoms with E-state index in [1.54, 1.807) is 7.11 Å². The lowest BCUT2D eigenvalue weighted by molar-refractivity contribution is -0.119. The van der Waals surface area contributed by atoms with Gasteiger partial charge in [0.1, 0.15) is 0 Å². The molecule has 0 heterocycles. The molecule has 0 fully saturated rings. The van der Waals surface area contributed by atoms with E-state index in [2.05, 4.69) is 5.32 Å². The summed E-state index contributed by atoms with van der Waals surface area (Å²) in [4.78, 5) is 10.7. The minimum atomic E-state index is -0.289. The number of carbonyl (C=O) groups is 1. The van der Waals surface area contributed by atoms with Crippen LogP contribution in [0.2, 0.25) is 0 Å². The number of nitrogens with two attached hydrogens (primary N) is 1. The second-order valence-corrected chi connectivity index (χ2v) is 3.95. The maximum atomic E-state index is 10.7. The molecule has 0 spiro atoms.